The molecule has 0 aliphatic rings. The highest BCUT2D eigenvalue weighted by atomic mass is 16.4. The van der Waals surface area contributed by atoms with Crippen molar-refractivity contribution in [3.8, 4) is 0 Å². The molecule has 1 aromatic rings. The molecule has 6 nitrogen and oxygen atoms in total. The first-order valence-corrected chi connectivity index (χ1v) is 4.33. The number of carbonyl (C=O) groups excluding carboxylic acids is 1. The van der Waals surface area contributed by atoms with Crippen molar-refractivity contribution in [3.63, 3.8) is 0 Å². The molecular weight excluding hydrogens is 202 g/mol. The summed E-state index contributed by atoms with van der Waals surface area (Å²) in [7, 11) is 0. The summed E-state index contributed by atoms with van der Waals surface area (Å²) in [5, 5.41) is 19.5. The van der Waals surface area contributed by atoms with Crippen LogP contribution in [0, 0.1) is 0 Å². The van der Waals surface area contributed by atoms with Crippen LogP contribution in [0.4, 0.5) is 0 Å². The summed E-state index contributed by atoms with van der Waals surface area (Å²) in [6, 6.07) is 1.84. The fourth-order valence-electron chi connectivity index (χ4n) is 1.02. The number of carboxylic acids is 1. The van der Waals surface area contributed by atoms with Crippen LogP contribution in [-0.2, 0) is 4.79 Å². The lowest BCUT2D eigenvalue weighted by Crippen LogP contribution is -2.41. The van der Waals surface area contributed by atoms with Crippen LogP contribution in [0.3, 0.4) is 0 Å². The summed E-state index contributed by atoms with van der Waals surface area (Å²) < 4.78 is 4.79. The zero-order chi connectivity index (χ0) is 11.3. The fraction of sp³-hybridized carbons (Fsp3) is 0.333. The van der Waals surface area contributed by atoms with Crippen molar-refractivity contribution in [2.75, 3.05) is 6.61 Å². The molecule has 6 heteroatoms. The molecule has 1 atom stereocenters. The zero-order valence-electron chi connectivity index (χ0n) is 7.84. The number of carboxylic acid groups (broad SMARTS) is 1. The van der Waals surface area contributed by atoms with E-state index in [9.17, 15) is 9.59 Å². The molecule has 1 amide bonds. The number of amides is 1. The molecule has 1 aromatic heterocycles. The van der Waals surface area contributed by atoms with Crippen LogP contribution >= 0.6 is 0 Å². The van der Waals surface area contributed by atoms with E-state index in [1.54, 1.807) is 0 Å². The number of hydrogen-bond acceptors (Lipinski definition) is 4. The summed E-state index contributed by atoms with van der Waals surface area (Å²) in [4.78, 5) is 22.0. The smallest absolute Gasteiger partial charge is 0.326 e. The minimum Gasteiger partial charge on any atom is -0.480 e. The number of carbonyl (C=O) groups is 2. The predicted molar refractivity (Wildman–Crippen MR) is 49.3 cm³/mol. The maximum atomic E-state index is 11.3. The van der Waals surface area contributed by atoms with Gasteiger partial charge in [-0.15, -0.1) is 0 Å². The van der Waals surface area contributed by atoms with E-state index >= 15 is 0 Å². The second kappa shape index (κ2) is 5.16. The van der Waals surface area contributed by atoms with E-state index in [1.165, 1.54) is 18.4 Å². The normalized spacial score (nSPS) is 12.1. The van der Waals surface area contributed by atoms with Crippen molar-refractivity contribution in [1.29, 1.82) is 0 Å². The highest BCUT2D eigenvalue weighted by molar-refractivity contribution is 5.94. The van der Waals surface area contributed by atoms with E-state index < -0.39 is 17.9 Å². The molecule has 1 heterocycles. The van der Waals surface area contributed by atoms with Crippen LogP contribution in [-0.4, -0.2) is 34.7 Å². The Kier molecular flexibility index (Phi) is 3.87. The van der Waals surface area contributed by atoms with Crippen LogP contribution in [0.25, 0.3) is 0 Å². The van der Waals surface area contributed by atoms with E-state index in [1.807, 2.05) is 0 Å². The van der Waals surface area contributed by atoms with Crippen LogP contribution in [0.2, 0.25) is 0 Å². The summed E-state index contributed by atoms with van der Waals surface area (Å²) in [6.45, 7) is -0.310. The summed E-state index contributed by atoms with van der Waals surface area (Å²) >= 11 is 0. The first-order valence-electron chi connectivity index (χ1n) is 4.33. The monoisotopic (exact) mass is 213 g/mol. The summed E-state index contributed by atoms with van der Waals surface area (Å²) in [5.41, 5.74) is 0. The van der Waals surface area contributed by atoms with E-state index in [4.69, 9.17) is 14.6 Å². The SMILES string of the molecule is O=C(N[C@@H](CCO)C(=O)O)c1ccco1. The second-order valence-corrected chi connectivity index (χ2v) is 2.85. The average molecular weight is 213 g/mol. The largest absolute Gasteiger partial charge is 0.480 e. The number of furan rings is 1. The van der Waals surface area contributed by atoms with Gasteiger partial charge in [-0.2, -0.15) is 0 Å². The standard InChI is InChI=1S/C9H11NO5/c11-4-3-6(9(13)14)10-8(12)7-2-1-5-15-7/h1-2,5-6,11H,3-4H2,(H,10,12)(H,13,14)/t6-/m0/s1. The maximum Gasteiger partial charge on any atom is 0.326 e. The molecule has 15 heavy (non-hydrogen) atoms. The van der Waals surface area contributed by atoms with Gasteiger partial charge >= 0.3 is 5.97 Å². The van der Waals surface area contributed by atoms with Crippen molar-refractivity contribution in [2.45, 2.75) is 12.5 Å². The van der Waals surface area contributed by atoms with Crippen molar-refractivity contribution >= 4 is 11.9 Å². The third-order valence-electron chi connectivity index (χ3n) is 1.77. The Labute approximate surface area is 85.5 Å². The lowest BCUT2D eigenvalue weighted by molar-refractivity contribution is -0.139. The van der Waals surface area contributed by atoms with Gasteiger partial charge in [-0.05, 0) is 12.1 Å². The molecule has 0 aliphatic heterocycles. The molecule has 0 radical (unpaired) electrons. The third-order valence-corrected chi connectivity index (χ3v) is 1.77. The molecule has 0 unspecified atom stereocenters. The molecule has 1 rings (SSSR count). The first-order chi connectivity index (χ1) is 7.15. The van der Waals surface area contributed by atoms with Gasteiger partial charge in [-0.25, -0.2) is 4.79 Å². The summed E-state index contributed by atoms with van der Waals surface area (Å²) in [5.74, 6) is -1.76. The first kappa shape index (κ1) is 11.3. The fourth-order valence-corrected chi connectivity index (χ4v) is 1.02. The van der Waals surface area contributed by atoms with E-state index in [0.29, 0.717) is 0 Å². The van der Waals surface area contributed by atoms with Gasteiger partial charge in [0, 0.05) is 13.0 Å². The predicted octanol–water partition coefficient (Wildman–Crippen LogP) is -0.155. The highest BCUT2D eigenvalue weighted by Gasteiger charge is 2.20. The molecule has 0 spiro atoms. The van der Waals surface area contributed by atoms with Gasteiger partial charge < -0.3 is 19.9 Å². The van der Waals surface area contributed by atoms with Gasteiger partial charge in [0.1, 0.15) is 6.04 Å². The highest BCUT2D eigenvalue weighted by Crippen LogP contribution is 2.01. The van der Waals surface area contributed by atoms with Gasteiger partial charge in [-0.3, -0.25) is 4.79 Å². The van der Waals surface area contributed by atoms with Crippen molar-refractivity contribution in [2.24, 2.45) is 0 Å². The van der Waals surface area contributed by atoms with Crippen molar-refractivity contribution in [1.82, 2.24) is 5.32 Å². The Morgan fingerprint density at radius 2 is 2.27 bits per heavy atom. The Morgan fingerprint density at radius 3 is 2.73 bits per heavy atom. The lowest BCUT2D eigenvalue weighted by atomic mass is 10.2. The molecule has 0 fully saturated rings. The van der Waals surface area contributed by atoms with Gasteiger partial charge in [0.05, 0.1) is 6.26 Å². The minimum absolute atomic E-state index is 0.0399. The van der Waals surface area contributed by atoms with E-state index in [-0.39, 0.29) is 18.8 Å². The number of aliphatic hydroxyl groups is 1. The number of hydrogen-bond donors (Lipinski definition) is 3. The van der Waals surface area contributed by atoms with Crippen LogP contribution in [0.15, 0.2) is 22.8 Å². The van der Waals surface area contributed by atoms with E-state index in [0.717, 1.165) is 0 Å². The second-order valence-electron chi connectivity index (χ2n) is 2.85. The summed E-state index contributed by atoms with van der Waals surface area (Å²) in [6.07, 6.45) is 1.28. The quantitative estimate of drug-likeness (QED) is 0.631. The zero-order valence-corrected chi connectivity index (χ0v) is 7.84. The van der Waals surface area contributed by atoms with Gasteiger partial charge in [0.2, 0.25) is 0 Å². The Bertz CT molecular complexity index is 332. The molecule has 0 saturated heterocycles. The van der Waals surface area contributed by atoms with Crippen LogP contribution in [0.5, 0.6) is 0 Å². The van der Waals surface area contributed by atoms with Crippen molar-refractivity contribution < 1.29 is 24.2 Å². The third kappa shape index (κ3) is 3.10. The molecule has 0 aliphatic carbocycles. The Morgan fingerprint density at radius 1 is 1.53 bits per heavy atom. The topological polar surface area (TPSA) is 99.8 Å². The van der Waals surface area contributed by atoms with Crippen molar-refractivity contribution in [3.05, 3.63) is 24.2 Å². The van der Waals surface area contributed by atoms with Crippen LogP contribution < -0.4 is 5.32 Å². The number of aliphatic carboxylic acids is 1. The number of aliphatic hydroxyl groups excluding tert-OH is 1. The molecule has 0 saturated carbocycles. The lowest BCUT2D eigenvalue weighted by Gasteiger charge is -2.11. The van der Waals surface area contributed by atoms with Crippen LogP contribution in [0.1, 0.15) is 17.0 Å². The van der Waals surface area contributed by atoms with Gasteiger partial charge in [-0.1, -0.05) is 0 Å². The molecule has 0 aromatic carbocycles. The van der Waals surface area contributed by atoms with Gasteiger partial charge in [0.25, 0.3) is 5.91 Å². The molecular formula is C9H11NO5. The Hall–Kier alpha value is -1.82. The number of nitrogens with one attached hydrogen (secondary N) is 1. The molecule has 0 bridgehead atoms. The minimum atomic E-state index is -1.19. The van der Waals surface area contributed by atoms with Gasteiger partial charge in [0.15, 0.2) is 5.76 Å². The Balaban J connectivity index is 2.59. The molecule has 82 valence electrons. The van der Waals surface area contributed by atoms with E-state index in [2.05, 4.69) is 5.32 Å². The number of rotatable bonds is 5. The maximum absolute atomic E-state index is 11.3. The average Bonchev–Trinajstić information content (AvgIpc) is 2.69. The molecule has 3 N–H and O–H groups in total.